The number of hydrogen-bond acceptors (Lipinski definition) is 4. The van der Waals surface area contributed by atoms with Gasteiger partial charge in [-0.1, -0.05) is 0 Å². The number of rotatable bonds is 8. The van der Waals surface area contributed by atoms with Gasteiger partial charge < -0.3 is 20.5 Å². The number of nitrogens with one attached hydrogen (secondary N) is 1. The number of ether oxygens (including phenoxy) is 2. The van der Waals surface area contributed by atoms with Crippen LogP contribution in [-0.4, -0.2) is 38.0 Å². The summed E-state index contributed by atoms with van der Waals surface area (Å²) in [6.45, 7) is 5.04. The first-order valence-corrected chi connectivity index (χ1v) is 5.35. The second-order valence-corrected chi connectivity index (χ2v) is 3.10. The first-order chi connectivity index (χ1) is 7.65. The van der Waals surface area contributed by atoms with Gasteiger partial charge in [-0.05, 0) is 13.8 Å². The summed E-state index contributed by atoms with van der Waals surface area (Å²) in [7, 11) is 0. The van der Waals surface area contributed by atoms with E-state index in [0.717, 1.165) is 0 Å². The van der Waals surface area contributed by atoms with E-state index in [-0.39, 0.29) is 18.9 Å². The van der Waals surface area contributed by atoms with Crippen molar-refractivity contribution in [2.45, 2.75) is 32.6 Å². The molecule has 0 saturated heterocycles. The molecule has 0 aromatic rings. The lowest BCUT2D eigenvalue weighted by molar-refractivity contribution is -0.140. The highest BCUT2D eigenvalue weighted by Gasteiger charge is 2.14. The lowest BCUT2D eigenvalue weighted by Gasteiger charge is -2.18. The van der Waals surface area contributed by atoms with E-state index in [1.807, 2.05) is 13.8 Å². The Balaban J connectivity index is 3.90. The van der Waals surface area contributed by atoms with E-state index in [9.17, 15) is 4.79 Å². The number of nitrogens with two attached hydrogens (primary N) is 1. The minimum absolute atomic E-state index is 0.222. The minimum atomic E-state index is -0.672. The van der Waals surface area contributed by atoms with Crippen molar-refractivity contribution in [2.75, 3.05) is 19.8 Å². The Kier molecular flexibility index (Phi) is 8.53. The van der Waals surface area contributed by atoms with E-state index in [0.29, 0.717) is 13.2 Å². The maximum Gasteiger partial charge on any atom is 0.238 e. The van der Waals surface area contributed by atoms with E-state index in [1.54, 1.807) is 0 Å². The zero-order valence-electron chi connectivity index (χ0n) is 9.86. The van der Waals surface area contributed by atoms with Crippen LogP contribution in [0, 0.1) is 12.3 Å². The average Bonchev–Trinajstić information content (AvgIpc) is 2.26. The molecule has 1 unspecified atom stereocenters. The number of hydrogen-bond donors (Lipinski definition) is 2. The fourth-order valence-corrected chi connectivity index (χ4v) is 1.07. The molecule has 5 heteroatoms. The standard InChI is InChI=1S/C11H20N2O3/c1-4-7-9(12)11(14)13-8-10(15-5-2)16-6-3/h1,9-10H,5-8,12H2,2-3H3,(H,13,14). The molecule has 0 radical (unpaired) electrons. The number of carbonyl (C=O) groups is 1. The van der Waals surface area contributed by atoms with Gasteiger partial charge in [-0.2, -0.15) is 0 Å². The highest BCUT2D eigenvalue weighted by molar-refractivity contribution is 5.81. The smallest absolute Gasteiger partial charge is 0.238 e. The highest BCUT2D eigenvalue weighted by Crippen LogP contribution is 1.94. The third-order valence-corrected chi connectivity index (χ3v) is 1.82. The number of terminal acetylenes is 1. The van der Waals surface area contributed by atoms with E-state index in [4.69, 9.17) is 21.6 Å². The molecule has 0 aromatic carbocycles. The normalized spacial score (nSPS) is 12.2. The Bertz CT molecular complexity index is 232. The summed E-state index contributed by atoms with van der Waals surface area (Å²) < 4.78 is 10.5. The van der Waals surface area contributed by atoms with Crippen LogP contribution in [0.5, 0.6) is 0 Å². The van der Waals surface area contributed by atoms with Crippen molar-refractivity contribution in [2.24, 2.45) is 5.73 Å². The fourth-order valence-electron chi connectivity index (χ4n) is 1.07. The van der Waals surface area contributed by atoms with Crippen molar-refractivity contribution in [1.82, 2.24) is 5.32 Å². The molecule has 1 atom stereocenters. The molecule has 0 fully saturated rings. The molecule has 1 amide bonds. The van der Waals surface area contributed by atoms with Crippen molar-refractivity contribution in [3.05, 3.63) is 0 Å². The monoisotopic (exact) mass is 228 g/mol. The SMILES string of the molecule is C#CCC(N)C(=O)NCC(OCC)OCC. The van der Waals surface area contributed by atoms with Crippen LogP contribution in [0.25, 0.3) is 0 Å². The fraction of sp³-hybridized carbons (Fsp3) is 0.727. The molecular weight excluding hydrogens is 208 g/mol. The van der Waals surface area contributed by atoms with Gasteiger partial charge in [-0.25, -0.2) is 0 Å². The third-order valence-electron chi connectivity index (χ3n) is 1.82. The van der Waals surface area contributed by atoms with Crippen molar-refractivity contribution < 1.29 is 14.3 Å². The topological polar surface area (TPSA) is 73.6 Å². The summed E-state index contributed by atoms with van der Waals surface area (Å²) in [6.07, 6.45) is 4.85. The Morgan fingerprint density at radius 3 is 2.44 bits per heavy atom. The first kappa shape index (κ1) is 14.9. The second-order valence-electron chi connectivity index (χ2n) is 3.10. The Hall–Kier alpha value is -1.09. The highest BCUT2D eigenvalue weighted by atomic mass is 16.7. The Morgan fingerprint density at radius 1 is 1.44 bits per heavy atom. The lowest BCUT2D eigenvalue weighted by Crippen LogP contribution is -2.44. The van der Waals surface area contributed by atoms with Crippen LogP contribution in [-0.2, 0) is 14.3 Å². The van der Waals surface area contributed by atoms with E-state index in [2.05, 4.69) is 11.2 Å². The van der Waals surface area contributed by atoms with Gasteiger partial charge in [0.25, 0.3) is 0 Å². The molecule has 0 rings (SSSR count). The minimum Gasteiger partial charge on any atom is -0.351 e. The lowest BCUT2D eigenvalue weighted by atomic mass is 10.2. The molecule has 0 saturated carbocycles. The zero-order valence-corrected chi connectivity index (χ0v) is 9.86. The molecule has 0 aliphatic heterocycles. The molecular formula is C11H20N2O3. The maximum absolute atomic E-state index is 11.4. The molecule has 16 heavy (non-hydrogen) atoms. The second kappa shape index (κ2) is 9.16. The molecule has 0 aromatic heterocycles. The summed E-state index contributed by atoms with van der Waals surface area (Å²) in [5.41, 5.74) is 5.53. The van der Waals surface area contributed by atoms with E-state index >= 15 is 0 Å². The quantitative estimate of drug-likeness (QED) is 0.448. The summed E-state index contributed by atoms with van der Waals surface area (Å²) in [5.74, 6) is 2.05. The van der Waals surface area contributed by atoms with Crippen molar-refractivity contribution in [3.63, 3.8) is 0 Å². The molecule has 0 aliphatic rings. The van der Waals surface area contributed by atoms with Gasteiger partial charge in [-0.15, -0.1) is 12.3 Å². The molecule has 0 bridgehead atoms. The number of amides is 1. The largest absolute Gasteiger partial charge is 0.351 e. The van der Waals surface area contributed by atoms with Crippen LogP contribution in [0.3, 0.4) is 0 Å². The van der Waals surface area contributed by atoms with Gasteiger partial charge in [0.05, 0.1) is 12.6 Å². The van der Waals surface area contributed by atoms with E-state index < -0.39 is 12.3 Å². The van der Waals surface area contributed by atoms with Gasteiger partial charge in [0.1, 0.15) is 0 Å². The zero-order chi connectivity index (χ0) is 12.4. The van der Waals surface area contributed by atoms with Crippen LogP contribution in [0.4, 0.5) is 0 Å². The molecule has 0 spiro atoms. The van der Waals surface area contributed by atoms with Crippen molar-refractivity contribution >= 4 is 5.91 Å². The first-order valence-electron chi connectivity index (χ1n) is 5.35. The molecule has 5 nitrogen and oxygen atoms in total. The maximum atomic E-state index is 11.4. The van der Waals surface area contributed by atoms with Gasteiger partial charge in [0, 0.05) is 19.6 Å². The van der Waals surface area contributed by atoms with Crippen molar-refractivity contribution in [3.8, 4) is 12.3 Å². The summed E-state index contributed by atoms with van der Waals surface area (Å²) >= 11 is 0. The van der Waals surface area contributed by atoms with Gasteiger partial charge >= 0.3 is 0 Å². The van der Waals surface area contributed by atoms with Crippen LogP contribution < -0.4 is 11.1 Å². The summed E-state index contributed by atoms with van der Waals surface area (Å²) in [5, 5.41) is 2.63. The Morgan fingerprint density at radius 2 is 2.00 bits per heavy atom. The van der Waals surface area contributed by atoms with Crippen molar-refractivity contribution in [1.29, 1.82) is 0 Å². The summed E-state index contributed by atoms with van der Waals surface area (Å²) in [4.78, 5) is 11.4. The Labute approximate surface area is 96.7 Å². The predicted molar refractivity (Wildman–Crippen MR) is 61.5 cm³/mol. The third kappa shape index (κ3) is 6.40. The van der Waals surface area contributed by atoms with Gasteiger partial charge in [0.2, 0.25) is 5.91 Å². The van der Waals surface area contributed by atoms with Crippen LogP contribution in [0.2, 0.25) is 0 Å². The van der Waals surface area contributed by atoms with Gasteiger partial charge in [-0.3, -0.25) is 4.79 Å². The molecule has 0 heterocycles. The molecule has 0 aliphatic carbocycles. The number of carbonyl (C=O) groups excluding carboxylic acids is 1. The molecule has 92 valence electrons. The van der Waals surface area contributed by atoms with Crippen LogP contribution in [0.15, 0.2) is 0 Å². The average molecular weight is 228 g/mol. The molecule has 3 N–H and O–H groups in total. The van der Waals surface area contributed by atoms with Gasteiger partial charge in [0.15, 0.2) is 6.29 Å². The predicted octanol–water partition coefficient (Wildman–Crippen LogP) is -0.148. The summed E-state index contributed by atoms with van der Waals surface area (Å²) in [6, 6.07) is -0.672. The van der Waals surface area contributed by atoms with Crippen LogP contribution in [0.1, 0.15) is 20.3 Å². The van der Waals surface area contributed by atoms with Crippen LogP contribution >= 0.6 is 0 Å². The van der Waals surface area contributed by atoms with E-state index in [1.165, 1.54) is 0 Å².